The Balaban J connectivity index is 1.94. The zero-order valence-corrected chi connectivity index (χ0v) is 12.0. The summed E-state index contributed by atoms with van der Waals surface area (Å²) in [5, 5.41) is 12.1. The van der Waals surface area contributed by atoms with E-state index in [2.05, 4.69) is 11.4 Å². The number of hydrogen-bond donors (Lipinski definition) is 1. The molecule has 0 atom stereocenters. The molecule has 0 aromatic carbocycles. The first kappa shape index (κ1) is 14.3. The highest BCUT2D eigenvalue weighted by molar-refractivity contribution is 5.78. The molecule has 0 spiro atoms. The SMILES string of the molecule is CNC1(CC(=O)N(CCC#N)C2CC2)CCCCC1. The molecule has 0 unspecified atom stereocenters. The van der Waals surface area contributed by atoms with Gasteiger partial charge in [0.25, 0.3) is 0 Å². The van der Waals surface area contributed by atoms with E-state index in [0.717, 1.165) is 25.7 Å². The van der Waals surface area contributed by atoms with Gasteiger partial charge in [0, 0.05) is 24.5 Å². The van der Waals surface area contributed by atoms with E-state index < -0.39 is 0 Å². The first-order valence-electron chi connectivity index (χ1n) is 7.56. The van der Waals surface area contributed by atoms with Crippen LogP contribution >= 0.6 is 0 Å². The van der Waals surface area contributed by atoms with Crippen LogP contribution in [-0.4, -0.2) is 36.0 Å². The number of carbonyl (C=O) groups is 1. The van der Waals surface area contributed by atoms with Gasteiger partial charge in [-0.1, -0.05) is 19.3 Å². The molecule has 2 rings (SSSR count). The van der Waals surface area contributed by atoms with Gasteiger partial charge in [-0.15, -0.1) is 0 Å². The summed E-state index contributed by atoms with van der Waals surface area (Å²) in [4.78, 5) is 14.5. The average molecular weight is 263 g/mol. The third-order valence-electron chi connectivity index (χ3n) is 4.60. The summed E-state index contributed by atoms with van der Waals surface area (Å²) < 4.78 is 0. The third-order valence-corrected chi connectivity index (χ3v) is 4.60. The number of hydrogen-bond acceptors (Lipinski definition) is 3. The first-order valence-corrected chi connectivity index (χ1v) is 7.56. The number of rotatable bonds is 6. The maximum atomic E-state index is 12.5. The Labute approximate surface area is 116 Å². The molecule has 1 amide bonds. The molecule has 106 valence electrons. The Kier molecular flexibility index (Phi) is 4.81. The summed E-state index contributed by atoms with van der Waals surface area (Å²) in [6.45, 7) is 0.611. The van der Waals surface area contributed by atoms with E-state index in [9.17, 15) is 4.79 Å². The molecule has 4 nitrogen and oxygen atoms in total. The zero-order chi connectivity index (χ0) is 13.7. The van der Waals surface area contributed by atoms with Crippen LogP contribution in [0.2, 0.25) is 0 Å². The number of nitriles is 1. The normalized spacial score (nSPS) is 21.7. The van der Waals surface area contributed by atoms with Crippen molar-refractivity contribution in [3.63, 3.8) is 0 Å². The number of carbonyl (C=O) groups excluding carboxylic acids is 1. The van der Waals surface area contributed by atoms with E-state index in [1.54, 1.807) is 0 Å². The highest BCUT2D eigenvalue weighted by atomic mass is 16.2. The molecule has 19 heavy (non-hydrogen) atoms. The topological polar surface area (TPSA) is 56.1 Å². The standard InChI is InChI=1S/C15H25N3O/c1-17-15(8-3-2-4-9-15)12-14(19)18(11-5-10-16)13-6-7-13/h13,17H,2-9,11-12H2,1H3. The van der Waals surface area contributed by atoms with E-state index >= 15 is 0 Å². The van der Waals surface area contributed by atoms with E-state index in [4.69, 9.17) is 5.26 Å². The Morgan fingerprint density at radius 2 is 2.05 bits per heavy atom. The van der Waals surface area contributed by atoms with Gasteiger partial charge in [-0.3, -0.25) is 4.79 Å². The number of nitrogens with one attached hydrogen (secondary N) is 1. The predicted molar refractivity (Wildman–Crippen MR) is 74.5 cm³/mol. The minimum Gasteiger partial charge on any atom is -0.339 e. The van der Waals surface area contributed by atoms with Crippen LogP contribution in [0.15, 0.2) is 0 Å². The van der Waals surface area contributed by atoms with Crippen LogP contribution in [0.3, 0.4) is 0 Å². The van der Waals surface area contributed by atoms with Crippen molar-refractivity contribution >= 4 is 5.91 Å². The first-order chi connectivity index (χ1) is 9.21. The Morgan fingerprint density at radius 1 is 1.37 bits per heavy atom. The van der Waals surface area contributed by atoms with Gasteiger partial charge < -0.3 is 10.2 Å². The summed E-state index contributed by atoms with van der Waals surface area (Å²) in [6, 6.07) is 2.57. The lowest BCUT2D eigenvalue weighted by atomic mass is 9.79. The van der Waals surface area contributed by atoms with Crippen LogP contribution < -0.4 is 5.32 Å². The van der Waals surface area contributed by atoms with E-state index in [0.29, 0.717) is 25.4 Å². The van der Waals surface area contributed by atoms with Crippen molar-refractivity contribution in [2.24, 2.45) is 0 Å². The number of amides is 1. The molecule has 1 N–H and O–H groups in total. The maximum Gasteiger partial charge on any atom is 0.224 e. The van der Waals surface area contributed by atoms with Crippen molar-refractivity contribution in [1.29, 1.82) is 5.26 Å². The molecule has 0 bridgehead atoms. The Morgan fingerprint density at radius 3 is 2.58 bits per heavy atom. The zero-order valence-electron chi connectivity index (χ0n) is 12.0. The highest BCUT2D eigenvalue weighted by Gasteiger charge is 2.38. The van der Waals surface area contributed by atoms with E-state index in [1.807, 2.05) is 11.9 Å². The van der Waals surface area contributed by atoms with Gasteiger partial charge in [0.15, 0.2) is 0 Å². The van der Waals surface area contributed by atoms with Crippen LogP contribution in [0.25, 0.3) is 0 Å². The second-order valence-corrected chi connectivity index (χ2v) is 5.99. The molecular weight excluding hydrogens is 238 g/mol. The van der Waals surface area contributed by atoms with Gasteiger partial charge in [-0.2, -0.15) is 5.26 Å². The molecule has 0 aliphatic heterocycles. The van der Waals surface area contributed by atoms with Crippen molar-refractivity contribution in [3.05, 3.63) is 0 Å². The van der Waals surface area contributed by atoms with Crippen molar-refractivity contribution < 1.29 is 4.79 Å². The largest absolute Gasteiger partial charge is 0.339 e. The summed E-state index contributed by atoms with van der Waals surface area (Å²) in [6.07, 6.45) is 9.22. The van der Waals surface area contributed by atoms with Crippen LogP contribution in [0.4, 0.5) is 0 Å². The van der Waals surface area contributed by atoms with E-state index in [-0.39, 0.29) is 11.4 Å². The van der Waals surface area contributed by atoms with Crippen molar-refractivity contribution in [3.8, 4) is 6.07 Å². The molecule has 0 radical (unpaired) electrons. The van der Waals surface area contributed by atoms with Crippen LogP contribution in [0, 0.1) is 11.3 Å². The molecule has 0 saturated heterocycles. The van der Waals surface area contributed by atoms with Crippen molar-refractivity contribution in [2.45, 2.75) is 69.4 Å². The summed E-state index contributed by atoms with van der Waals surface area (Å²) in [5.74, 6) is 0.244. The quantitative estimate of drug-likeness (QED) is 0.799. The molecule has 2 fully saturated rings. The summed E-state index contributed by atoms with van der Waals surface area (Å²) in [5.41, 5.74) is 0.00904. The lowest BCUT2D eigenvalue weighted by Gasteiger charge is -2.38. The second-order valence-electron chi connectivity index (χ2n) is 5.99. The Hall–Kier alpha value is -1.08. The second kappa shape index (κ2) is 6.38. The smallest absolute Gasteiger partial charge is 0.224 e. The number of nitrogens with zero attached hydrogens (tertiary/aromatic N) is 2. The van der Waals surface area contributed by atoms with Crippen LogP contribution in [0.5, 0.6) is 0 Å². The van der Waals surface area contributed by atoms with Gasteiger partial charge >= 0.3 is 0 Å². The van der Waals surface area contributed by atoms with Crippen molar-refractivity contribution in [2.75, 3.05) is 13.6 Å². The lowest BCUT2D eigenvalue weighted by molar-refractivity contribution is -0.133. The van der Waals surface area contributed by atoms with Gasteiger partial charge in [0.2, 0.25) is 5.91 Å². The summed E-state index contributed by atoms with van der Waals surface area (Å²) in [7, 11) is 1.98. The highest BCUT2D eigenvalue weighted by Crippen LogP contribution is 2.33. The minimum absolute atomic E-state index is 0.00904. The fourth-order valence-electron chi connectivity index (χ4n) is 3.20. The fourth-order valence-corrected chi connectivity index (χ4v) is 3.20. The summed E-state index contributed by atoms with van der Waals surface area (Å²) >= 11 is 0. The molecule has 0 aromatic rings. The van der Waals surface area contributed by atoms with Gasteiger partial charge in [-0.05, 0) is 32.7 Å². The Bertz CT molecular complexity index is 351. The molecule has 4 heteroatoms. The molecule has 2 aliphatic carbocycles. The van der Waals surface area contributed by atoms with E-state index in [1.165, 1.54) is 19.3 Å². The monoisotopic (exact) mass is 263 g/mol. The van der Waals surface area contributed by atoms with Gasteiger partial charge in [-0.25, -0.2) is 0 Å². The predicted octanol–water partition coefficient (Wildman–Crippen LogP) is 2.20. The van der Waals surface area contributed by atoms with Crippen LogP contribution in [-0.2, 0) is 4.79 Å². The third kappa shape index (κ3) is 3.70. The molecule has 2 saturated carbocycles. The molecule has 0 aromatic heterocycles. The maximum absolute atomic E-state index is 12.5. The van der Waals surface area contributed by atoms with Gasteiger partial charge in [0.05, 0.1) is 12.5 Å². The molecular formula is C15H25N3O. The van der Waals surface area contributed by atoms with Crippen LogP contribution in [0.1, 0.15) is 57.8 Å². The lowest BCUT2D eigenvalue weighted by Crippen LogP contribution is -2.49. The van der Waals surface area contributed by atoms with Gasteiger partial charge in [0.1, 0.15) is 0 Å². The minimum atomic E-state index is 0.00904. The van der Waals surface area contributed by atoms with Crippen molar-refractivity contribution in [1.82, 2.24) is 10.2 Å². The fraction of sp³-hybridized carbons (Fsp3) is 0.867. The average Bonchev–Trinajstić information content (AvgIpc) is 3.25. The molecule has 2 aliphatic rings. The molecule has 0 heterocycles.